The molecule has 0 N–H and O–H groups in total. The van der Waals surface area contributed by atoms with Crippen LogP contribution in [0, 0.1) is 5.92 Å². The first kappa shape index (κ1) is 8.90. The van der Waals surface area contributed by atoms with Crippen LogP contribution in [-0.2, 0) is 6.54 Å². The van der Waals surface area contributed by atoms with Gasteiger partial charge < -0.3 is 0 Å². The molecule has 4 nitrogen and oxygen atoms in total. The van der Waals surface area contributed by atoms with Crippen molar-refractivity contribution in [3.8, 4) is 0 Å². The van der Waals surface area contributed by atoms with Crippen LogP contribution in [-0.4, -0.2) is 20.8 Å². The second-order valence-corrected chi connectivity index (χ2v) is 3.25. The third-order valence-corrected chi connectivity index (χ3v) is 1.52. The van der Waals surface area contributed by atoms with Crippen molar-refractivity contribution in [1.29, 1.82) is 0 Å². The first-order valence-corrected chi connectivity index (χ1v) is 4.00. The van der Waals surface area contributed by atoms with Gasteiger partial charge in [-0.15, -0.1) is 5.10 Å². The third kappa shape index (κ3) is 1.90. The van der Waals surface area contributed by atoms with Gasteiger partial charge in [0, 0.05) is 13.5 Å². The van der Waals surface area contributed by atoms with Crippen molar-refractivity contribution in [3.05, 3.63) is 11.9 Å². The van der Waals surface area contributed by atoms with E-state index in [-0.39, 0.29) is 5.78 Å². The molecule has 1 rings (SSSR count). The maximum atomic E-state index is 11.0. The number of rotatable bonds is 3. The third-order valence-electron chi connectivity index (χ3n) is 1.52. The summed E-state index contributed by atoms with van der Waals surface area (Å²) in [5.74, 6) is 0.491. The lowest BCUT2D eigenvalue weighted by Gasteiger charge is -2.05. The molecule has 4 heteroatoms. The molecule has 0 radical (unpaired) electrons. The molecule has 0 aliphatic heterocycles. The molecule has 12 heavy (non-hydrogen) atoms. The monoisotopic (exact) mass is 167 g/mol. The Morgan fingerprint density at radius 2 is 2.33 bits per heavy atom. The van der Waals surface area contributed by atoms with Crippen molar-refractivity contribution in [2.24, 2.45) is 5.92 Å². The minimum Gasteiger partial charge on any atom is -0.293 e. The van der Waals surface area contributed by atoms with E-state index in [0.717, 1.165) is 6.54 Å². The van der Waals surface area contributed by atoms with E-state index < -0.39 is 0 Å². The largest absolute Gasteiger partial charge is 0.293 e. The number of carbonyl (C=O) groups excluding carboxylic acids is 1. The summed E-state index contributed by atoms with van der Waals surface area (Å²) in [7, 11) is 0. The first-order valence-electron chi connectivity index (χ1n) is 4.00. The molecule has 0 amide bonds. The summed E-state index contributed by atoms with van der Waals surface area (Å²) < 4.78 is 1.65. The van der Waals surface area contributed by atoms with Gasteiger partial charge in [0.25, 0.3) is 0 Å². The Morgan fingerprint density at radius 1 is 1.67 bits per heavy atom. The van der Waals surface area contributed by atoms with E-state index in [9.17, 15) is 4.79 Å². The normalized spacial score (nSPS) is 10.7. The molecule has 0 aromatic carbocycles. The lowest BCUT2D eigenvalue weighted by atomic mass is 10.2. The molecule has 0 fully saturated rings. The number of aromatic nitrogens is 3. The van der Waals surface area contributed by atoms with Crippen LogP contribution < -0.4 is 0 Å². The summed E-state index contributed by atoms with van der Waals surface area (Å²) in [6.45, 7) is 6.42. The van der Waals surface area contributed by atoms with Gasteiger partial charge >= 0.3 is 0 Å². The Hall–Kier alpha value is -1.19. The smallest absolute Gasteiger partial charge is 0.179 e. The molecule has 0 atom stereocenters. The van der Waals surface area contributed by atoms with Crippen LogP contribution in [0.5, 0.6) is 0 Å². The van der Waals surface area contributed by atoms with Gasteiger partial charge in [-0.25, -0.2) is 4.68 Å². The van der Waals surface area contributed by atoms with Gasteiger partial charge in [0.05, 0.1) is 6.20 Å². The van der Waals surface area contributed by atoms with Crippen LogP contribution >= 0.6 is 0 Å². The summed E-state index contributed by atoms with van der Waals surface area (Å²) in [5.41, 5.74) is 0.587. The molecule has 1 heterocycles. The molecular formula is C8H13N3O. The zero-order valence-corrected chi connectivity index (χ0v) is 7.61. The molecule has 0 spiro atoms. The standard InChI is InChI=1S/C8H13N3O/c1-6(2)5-11-8(7(3)12)4-9-10-11/h4,6H,5H2,1-3H3. The van der Waals surface area contributed by atoms with Gasteiger partial charge in [-0.05, 0) is 5.92 Å². The summed E-state index contributed by atoms with van der Waals surface area (Å²) in [6, 6.07) is 0. The lowest BCUT2D eigenvalue weighted by molar-refractivity contribution is 0.100. The predicted octanol–water partition coefficient (Wildman–Crippen LogP) is 1.14. The van der Waals surface area contributed by atoms with Crippen LogP contribution in [0.4, 0.5) is 0 Å². The SMILES string of the molecule is CC(=O)c1cnnn1CC(C)C. The molecule has 0 unspecified atom stereocenters. The maximum absolute atomic E-state index is 11.0. The van der Waals surface area contributed by atoms with E-state index in [1.165, 1.54) is 13.1 Å². The summed E-state index contributed by atoms with van der Waals surface area (Å²) >= 11 is 0. The average molecular weight is 167 g/mol. The fourth-order valence-electron chi connectivity index (χ4n) is 1.01. The second kappa shape index (κ2) is 3.47. The van der Waals surface area contributed by atoms with Crippen LogP contribution in [0.2, 0.25) is 0 Å². The maximum Gasteiger partial charge on any atom is 0.179 e. The van der Waals surface area contributed by atoms with Gasteiger partial charge in [-0.3, -0.25) is 4.79 Å². The van der Waals surface area contributed by atoms with Crippen molar-refractivity contribution in [2.45, 2.75) is 27.3 Å². The lowest BCUT2D eigenvalue weighted by Crippen LogP contribution is -2.12. The summed E-state index contributed by atoms with van der Waals surface area (Å²) in [5, 5.41) is 7.51. The summed E-state index contributed by atoms with van der Waals surface area (Å²) in [4.78, 5) is 11.0. The number of Topliss-reactive ketones (excluding diaryl/α,β-unsaturated/α-hetero) is 1. The Morgan fingerprint density at radius 3 is 2.83 bits per heavy atom. The zero-order chi connectivity index (χ0) is 9.14. The van der Waals surface area contributed by atoms with Gasteiger partial charge in [-0.1, -0.05) is 19.1 Å². The molecule has 0 bridgehead atoms. The molecule has 1 aromatic rings. The first-order chi connectivity index (χ1) is 5.61. The fourth-order valence-corrected chi connectivity index (χ4v) is 1.01. The molecule has 1 aromatic heterocycles. The van der Waals surface area contributed by atoms with Crippen molar-refractivity contribution in [1.82, 2.24) is 15.0 Å². The quantitative estimate of drug-likeness (QED) is 0.634. The Kier molecular flexibility index (Phi) is 2.58. The van der Waals surface area contributed by atoms with Crippen LogP contribution in [0.3, 0.4) is 0 Å². The van der Waals surface area contributed by atoms with Crippen LogP contribution in [0.25, 0.3) is 0 Å². The van der Waals surface area contributed by atoms with Gasteiger partial charge in [0.2, 0.25) is 0 Å². The number of hydrogen-bond donors (Lipinski definition) is 0. The van der Waals surface area contributed by atoms with Crippen LogP contribution in [0.15, 0.2) is 6.20 Å². The minimum atomic E-state index is 0.0145. The van der Waals surface area contributed by atoms with E-state index in [2.05, 4.69) is 24.2 Å². The van der Waals surface area contributed by atoms with Crippen molar-refractivity contribution >= 4 is 5.78 Å². The van der Waals surface area contributed by atoms with Crippen molar-refractivity contribution < 1.29 is 4.79 Å². The van der Waals surface area contributed by atoms with Crippen molar-refractivity contribution in [2.75, 3.05) is 0 Å². The van der Waals surface area contributed by atoms with Gasteiger partial charge in [0.1, 0.15) is 5.69 Å². The zero-order valence-electron chi connectivity index (χ0n) is 7.61. The number of ketones is 1. The number of carbonyl (C=O) groups is 1. The Bertz CT molecular complexity index is 278. The van der Waals surface area contributed by atoms with Crippen LogP contribution in [0.1, 0.15) is 31.3 Å². The molecule has 0 saturated carbocycles. The van der Waals surface area contributed by atoms with Gasteiger partial charge in [0.15, 0.2) is 5.78 Å². The predicted molar refractivity (Wildman–Crippen MR) is 44.9 cm³/mol. The van der Waals surface area contributed by atoms with E-state index in [1.807, 2.05) is 0 Å². The van der Waals surface area contributed by atoms with Crippen molar-refractivity contribution in [3.63, 3.8) is 0 Å². The molecule has 0 aliphatic carbocycles. The highest BCUT2D eigenvalue weighted by atomic mass is 16.1. The number of nitrogens with zero attached hydrogens (tertiary/aromatic N) is 3. The van der Waals surface area contributed by atoms with E-state index in [1.54, 1.807) is 4.68 Å². The highest BCUT2D eigenvalue weighted by Gasteiger charge is 2.08. The number of hydrogen-bond acceptors (Lipinski definition) is 3. The average Bonchev–Trinajstić information content (AvgIpc) is 2.33. The molecule has 66 valence electrons. The second-order valence-electron chi connectivity index (χ2n) is 3.25. The minimum absolute atomic E-state index is 0.0145. The highest BCUT2D eigenvalue weighted by molar-refractivity contribution is 5.91. The van der Waals surface area contributed by atoms with E-state index in [0.29, 0.717) is 11.6 Å². The summed E-state index contributed by atoms with van der Waals surface area (Å²) in [6.07, 6.45) is 1.50. The topological polar surface area (TPSA) is 47.8 Å². The molecular weight excluding hydrogens is 154 g/mol. The van der Waals surface area contributed by atoms with E-state index >= 15 is 0 Å². The highest BCUT2D eigenvalue weighted by Crippen LogP contribution is 2.02. The van der Waals surface area contributed by atoms with E-state index in [4.69, 9.17) is 0 Å². The molecule has 0 aliphatic rings. The van der Waals surface area contributed by atoms with Gasteiger partial charge in [-0.2, -0.15) is 0 Å². The Balaban J connectivity index is 2.84. The Labute approximate surface area is 71.6 Å². The molecule has 0 saturated heterocycles. The fraction of sp³-hybridized carbons (Fsp3) is 0.625.